The van der Waals surface area contributed by atoms with Crippen LogP contribution in [0.4, 0.5) is 0 Å². The monoisotopic (exact) mass is 414 g/mol. The Labute approximate surface area is 177 Å². The summed E-state index contributed by atoms with van der Waals surface area (Å²) < 4.78 is 11.8. The van der Waals surface area contributed by atoms with Gasteiger partial charge < -0.3 is 19.7 Å². The minimum absolute atomic E-state index is 0.130. The van der Waals surface area contributed by atoms with Crippen molar-refractivity contribution in [3.8, 4) is 10.6 Å². The van der Waals surface area contributed by atoms with Crippen LogP contribution < -0.4 is 5.32 Å². The van der Waals surface area contributed by atoms with Crippen molar-refractivity contribution >= 4 is 17.3 Å². The second-order valence-corrected chi connectivity index (χ2v) is 8.55. The SMILES string of the molecule is CCNC(=NCc1sc(-c2ccccc2)nc1C)N1CCOC(C2CCCO2)C1. The summed E-state index contributed by atoms with van der Waals surface area (Å²) in [6, 6.07) is 10.3. The lowest BCUT2D eigenvalue weighted by Gasteiger charge is -2.37. The highest BCUT2D eigenvalue weighted by atomic mass is 32.1. The fraction of sp³-hybridized carbons (Fsp3) is 0.545. The summed E-state index contributed by atoms with van der Waals surface area (Å²) in [6.07, 6.45) is 2.57. The first-order valence-corrected chi connectivity index (χ1v) is 11.3. The molecule has 2 saturated heterocycles. The molecule has 0 amide bonds. The highest BCUT2D eigenvalue weighted by Gasteiger charge is 2.32. The number of benzene rings is 1. The molecule has 3 heterocycles. The molecule has 0 aliphatic carbocycles. The van der Waals surface area contributed by atoms with Gasteiger partial charge >= 0.3 is 0 Å². The Balaban J connectivity index is 1.46. The van der Waals surface area contributed by atoms with E-state index in [1.54, 1.807) is 11.3 Å². The molecule has 2 unspecified atom stereocenters. The van der Waals surface area contributed by atoms with Crippen LogP contribution in [0.2, 0.25) is 0 Å². The number of aliphatic imine (C=N–C) groups is 1. The molecule has 2 fully saturated rings. The van der Waals surface area contributed by atoms with E-state index in [0.717, 1.165) is 61.3 Å². The summed E-state index contributed by atoms with van der Waals surface area (Å²) in [5.74, 6) is 0.952. The van der Waals surface area contributed by atoms with E-state index in [-0.39, 0.29) is 12.2 Å². The number of thiazole rings is 1. The van der Waals surface area contributed by atoms with Gasteiger partial charge in [0.15, 0.2) is 5.96 Å². The zero-order valence-electron chi connectivity index (χ0n) is 17.3. The van der Waals surface area contributed by atoms with Crippen LogP contribution in [0.1, 0.15) is 30.3 Å². The van der Waals surface area contributed by atoms with Crippen LogP contribution in [0, 0.1) is 6.92 Å². The van der Waals surface area contributed by atoms with Crippen molar-refractivity contribution < 1.29 is 9.47 Å². The first-order chi connectivity index (χ1) is 14.2. The number of nitrogens with one attached hydrogen (secondary N) is 1. The lowest BCUT2D eigenvalue weighted by atomic mass is 10.1. The van der Waals surface area contributed by atoms with Gasteiger partial charge in [-0.3, -0.25) is 0 Å². The molecule has 1 aromatic carbocycles. The summed E-state index contributed by atoms with van der Waals surface area (Å²) >= 11 is 1.73. The topological polar surface area (TPSA) is 59.0 Å². The molecule has 0 bridgehead atoms. The molecular weight excluding hydrogens is 384 g/mol. The molecule has 0 spiro atoms. The molecule has 2 atom stereocenters. The Bertz CT molecular complexity index is 817. The molecule has 4 rings (SSSR count). The van der Waals surface area contributed by atoms with Gasteiger partial charge in [-0.05, 0) is 26.7 Å². The van der Waals surface area contributed by atoms with Crippen LogP contribution in [-0.2, 0) is 16.0 Å². The second-order valence-electron chi connectivity index (χ2n) is 7.47. The van der Waals surface area contributed by atoms with E-state index < -0.39 is 0 Å². The van der Waals surface area contributed by atoms with Crippen LogP contribution in [0.15, 0.2) is 35.3 Å². The largest absolute Gasteiger partial charge is 0.375 e. The van der Waals surface area contributed by atoms with E-state index in [1.165, 1.54) is 4.88 Å². The third kappa shape index (κ3) is 4.97. The normalized spacial score (nSPS) is 22.8. The summed E-state index contributed by atoms with van der Waals surface area (Å²) in [7, 11) is 0. The summed E-state index contributed by atoms with van der Waals surface area (Å²) in [5.41, 5.74) is 2.22. The Kier molecular flexibility index (Phi) is 6.79. The van der Waals surface area contributed by atoms with Gasteiger partial charge in [-0.25, -0.2) is 9.98 Å². The van der Waals surface area contributed by atoms with Crippen molar-refractivity contribution in [2.75, 3.05) is 32.8 Å². The Morgan fingerprint density at radius 2 is 2.07 bits per heavy atom. The van der Waals surface area contributed by atoms with Crippen LogP contribution >= 0.6 is 11.3 Å². The van der Waals surface area contributed by atoms with E-state index in [4.69, 9.17) is 19.5 Å². The third-order valence-corrected chi connectivity index (χ3v) is 6.58. The van der Waals surface area contributed by atoms with Crippen molar-refractivity contribution in [2.24, 2.45) is 4.99 Å². The van der Waals surface area contributed by atoms with E-state index >= 15 is 0 Å². The number of ether oxygens (including phenoxy) is 2. The van der Waals surface area contributed by atoms with Gasteiger partial charge in [0.1, 0.15) is 11.1 Å². The maximum Gasteiger partial charge on any atom is 0.194 e. The quantitative estimate of drug-likeness (QED) is 0.600. The van der Waals surface area contributed by atoms with E-state index in [9.17, 15) is 0 Å². The minimum Gasteiger partial charge on any atom is -0.375 e. The van der Waals surface area contributed by atoms with Gasteiger partial charge in [0, 0.05) is 36.7 Å². The van der Waals surface area contributed by atoms with E-state index in [2.05, 4.69) is 48.3 Å². The van der Waals surface area contributed by atoms with Gasteiger partial charge in [-0.15, -0.1) is 11.3 Å². The molecule has 2 aliphatic rings. The van der Waals surface area contributed by atoms with Crippen molar-refractivity contribution in [3.63, 3.8) is 0 Å². The zero-order chi connectivity index (χ0) is 20.1. The fourth-order valence-electron chi connectivity index (χ4n) is 3.84. The number of morpholine rings is 1. The van der Waals surface area contributed by atoms with E-state index in [0.29, 0.717) is 13.2 Å². The number of rotatable bonds is 5. The molecule has 0 saturated carbocycles. The molecule has 1 aromatic heterocycles. The lowest BCUT2D eigenvalue weighted by molar-refractivity contribution is -0.0817. The maximum absolute atomic E-state index is 6.00. The Morgan fingerprint density at radius 3 is 2.83 bits per heavy atom. The summed E-state index contributed by atoms with van der Waals surface area (Å²) in [5, 5.41) is 4.51. The maximum atomic E-state index is 6.00. The van der Waals surface area contributed by atoms with Gasteiger partial charge in [0.05, 0.1) is 24.9 Å². The molecule has 29 heavy (non-hydrogen) atoms. The Hall–Kier alpha value is -1.96. The number of guanidine groups is 1. The van der Waals surface area contributed by atoms with Gasteiger partial charge in [-0.1, -0.05) is 30.3 Å². The van der Waals surface area contributed by atoms with Crippen molar-refractivity contribution in [1.82, 2.24) is 15.2 Å². The molecule has 156 valence electrons. The smallest absolute Gasteiger partial charge is 0.194 e. The average Bonchev–Trinajstić information content (AvgIpc) is 3.42. The molecule has 2 aromatic rings. The number of hydrogen-bond acceptors (Lipinski definition) is 5. The molecule has 2 aliphatic heterocycles. The number of nitrogens with zero attached hydrogens (tertiary/aromatic N) is 3. The summed E-state index contributed by atoms with van der Waals surface area (Å²) in [4.78, 5) is 13.2. The third-order valence-electron chi connectivity index (χ3n) is 5.39. The average molecular weight is 415 g/mol. The second kappa shape index (κ2) is 9.69. The Morgan fingerprint density at radius 1 is 1.24 bits per heavy atom. The standard InChI is InChI=1S/C22H30N4O2S/c1-3-23-22(26-11-13-28-19(15-26)18-10-7-12-27-18)24-14-20-16(2)25-21(29-20)17-8-5-4-6-9-17/h4-6,8-9,18-19H,3,7,10-15H2,1-2H3,(H,23,24). The van der Waals surface area contributed by atoms with E-state index in [1.807, 2.05) is 6.07 Å². The van der Waals surface area contributed by atoms with Crippen molar-refractivity contribution in [2.45, 2.75) is 45.4 Å². The van der Waals surface area contributed by atoms with Crippen molar-refractivity contribution in [1.29, 1.82) is 0 Å². The number of aromatic nitrogens is 1. The predicted molar refractivity (Wildman–Crippen MR) is 117 cm³/mol. The molecule has 7 heteroatoms. The van der Waals surface area contributed by atoms with Gasteiger partial charge in [0.25, 0.3) is 0 Å². The van der Waals surface area contributed by atoms with Crippen molar-refractivity contribution in [3.05, 3.63) is 40.9 Å². The highest BCUT2D eigenvalue weighted by Crippen LogP contribution is 2.28. The van der Waals surface area contributed by atoms with Crippen LogP contribution in [0.3, 0.4) is 0 Å². The molecule has 0 radical (unpaired) electrons. The lowest BCUT2D eigenvalue weighted by Crippen LogP contribution is -2.53. The first kappa shape index (κ1) is 20.3. The van der Waals surface area contributed by atoms with Crippen LogP contribution in [0.5, 0.6) is 0 Å². The first-order valence-electron chi connectivity index (χ1n) is 10.5. The fourth-order valence-corrected chi connectivity index (χ4v) is 4.83. The van der Waals surface area contributed by atoms with Gasteiger partial charge in [-0.2, -0.15) is 0 Å². The van der Waals surface area contributed by atoms with Gasteiger partial charge in [0.2, 0.25) is 0 Å². The number of aryl methyl sites for hydroxylation is 1. The predicted octanol–water partition coefficient (Wildman–Crippen LogP) is 3.46. The number of hydrogen-bond donors (Lipinski definition) is 1. The zero-order valence-corrected chi connectivity index (χ0v) is 18.1. The minimum atomic E-state index is 0.130. The molecule has 6 nitrogen and oxygen atoms in total. The summed E-state index contributed by atoms with van der Waals surface area (Å²) in [6.45, 7) is 8.92. The van der Waals surface area contributed by atoms with Crippen LogP contribution in [0.25, 0.3) is 10.6 Å². The highest BCUT2D eigenvalue weighted by molar-refractivity contribution is 7.15. The molecular formula is C22H30N4O2S. The van der Waals surface area contributed by atoms with Crippen LogP contribution in [-0.4, -0.2) is 60.9 Å². The molecule has 1 N–H and O–H groups in total.